The summed E-state index contributed by atoms with van der Waals surface area (Å²) in [6.07, 6.45) is 2.20. The third kappa shape index (κ3) is 2.99. The lowest BCUT2D eigenvalue weighted by Gasteiger charge is -2.10. The van der Waals surface area contributed by atoms with Gasteiger partial charge in [0, 0.05) is 29.1 Å². The third-order valence-corrected chi connectivity index (χ3v) is 5.81. The highest BCUT2D eigenvalue weighted by Gasteiger charge is 2.30. The van der Waals surface area contributed by atoms with E-state index in [-0.39, 0.29) is 5.91 Å². The van der Waals surface area contributed by atoms with Crippen LogP contribution in [0.15, 0.2) is 34.9 Å². The van der Waals surface area contributed by atoms with Gasteiger partial charge < -0.3 is 14.6 Å². The summed E-state index contributed by atoms with van der Waals surface area (Å²) >= 11 is 1.79. The normalized spacial score (nSPS) is 15.6. The molecule has 0 radical (unpaired) electrons. The zero-order chi connectivity index (χ0) is 18.4. The first-order valence-corrected chi connectivity index (χ1v) is 9.99. The van der Waals surface area contributed by atoms with Crippen molar-refractivity contribution >= 4 is 23.5 Å². The highest BCUT2D eigenvalue weighted by Crippen LogP contribution is 2.40. The Hall–Kier alpha value is -2.74. The summed E-state index contributed by atoms with van der Waals surface area (Å²) in [6.45, 7) is 0. The number of amides is 1. The van der Waals surface area contributed by atoms with Crippen LogP contribution in [0.4, 0.5) is 5.82 Å². The highest BCUT2D eigenvalue weighted by atomic mass is 32.2. The van der Waals surface area contributed by atoms with E-state index in [1.165, 1.54) is 0 Å². The van der Waals surface area contributed by atoms with Gasteiger partial charge in [0.1, 0.15) is 17.3 Å². The zero-order valence-corrected chi connectivity index (χ0v) is 15.6. The maximum atomic E-state index is 12.8. The number of nitrogens with one attached hydrogen (secondary N) is 1. The molecule has 8 heteroatoms. The van der Waals surface area contributed by atoms with Crippen molar-refractivity contribution < 1.29 is 14.1 Å². The molecule has 1 saturated carbocycles. The van der Waals surface area contributed by atoms with Crippen LogP contribution in [0.2, 0.25) is 0 Å². The van der Waals surface area contributed by atoms with E-state index < -0.39 is 0 Å². The Morgan fingerprint density at radius 2 is 2.11 bits per heavy atom. The van der Waals surface area contributed by atoms with E-state index in [2.05, 4.69) is 10.5 Å². The molecule has 138 valence electrons. The van der Waals surface area contributed by atoms with Crippen LogP contribution in [0, 0.1) is 0 Å². The summed E-state index contributed by atoms with van der Waals surface area (Å²) in [4.78, 5) is 12.8. The molecule has 27 heavy (non-hydrogen) atoms. The van der Waals surface area contributed by atoms with Crippen LogP contribution in [0.25, 0.3) is 5.69 Å². The average Bonchev–Trinajstić information content (AvgIpc) is 3.11. The number of nitrogens with zero attached hydrogens (tertiary/aromatic N) is 3. The molecule has 3 heterocycles. The second kappa shape index (κ2) is 6.45. The third-order valence-electron chi connectivity index (χ3n) is 4.84. The molecule has 0 saturated heterocycles. The lowest BCUT2D eigenvalue weighted by atomic mass is 10.2. The fourth-order valence-corrected chi connectivity index (χ4v) is 4.21. The lowest BCUT2D eigenvalue weighted by Crippen LogP contribution is -2.16. The number of carbonyl (C=O) groups is 1. The number of aromatic nitrogens is 3. The number of ether oxygens (including phenoxy) is 1. The molecule has 0 unspecified atom stereocenters. The number of benzene rings is 1. The van der Waals surface area contributed by atoms with Crippen molar-refractivity contribution in [1.82, 2.24) is 14.9 Å². The molecule has 1 aliphatic carbocycles. The maximum absolute atomic E-state index is 12.8. The van der Waals surface area contributed by atoms with Crippen LogP contribution in [0.5, 0.6) is 5.75 Å². The summed E-state index contributed by atoms with van der Waals surface area (Å²) in [6, 6.07) is 9.34. The quantitative estimate of drug-likeness (QED) is 0.724. The molecule has 5 rings (SSSR count). The Morgan fingerprint density at radius 1 is 1.30 bits per heavy atom. The Bertz CT molecular complexity index is 1000. The number of anilines is 1. The van der Waals surface area contributed by atoms with Crippen LogP contribution in [0.3, 0.4) is 0 Å². The summed E-state index contributed by atoms with van der Waals surface area (Å²) in [7, 11) is 1.63. The van der Waals surface area contributed by atoms with E-state index >= 15 is 0 Å². The smallest absolute Gasteiger partial charge is 0.279 e. The van der Waals surface area contributed by atoms with Crippen LogP contribution < -0.4 is 10.1 Å². The number of hydrogen-bond acceptors (Lipinski definition) is 6. The van der Waals surface area contributed by atoms with E-state index in [1.807, 2.05) is 24.3 Å². The van der Waals surface area contributed by atoms with Crippen molar-refractivity contribution in [2.45, 2.75) is 30.3 Å². The minimum atomic E-state index is -0.278. The molecule has 0 bridgehead atoms. The van der Waals surface area contributed by atoms with E-state index in [0.29, 0.717) is 17.4 Å². The number of hydrogen-bond donors (Lipinski definition) is 1. The SMILES string of the molecule is COc1ccc(-n2nc3c(c2NC(=O)c2cc(C4CC4)on2)CSC3)cc1. The van der Waals surface area contributed by atoms with E-state index in [1.54, 1.807) is 29.6 Å². The first-order valence-electron chi connectivity index (χ1n) is 8.84. The van der Waals surface area contributed by atoms with Gasteiger partial charge in [-0.3, -0.25) is 4.79 Å². The molecule has 0 spiro atoms. The Morgan fingerprint density at radius 3 is 2.85 bits per heavy atom. The summed E-state index contributed by atoms with van der Waals surface area (Å²) in [5, 5.41) is 11.6. The fraction of sp³-hybridized carbons (Fsp3) is 0.316. The van der Waals surface area contributed by atoms with E-state index in [4.69, 9.17) is 14.4 Å². The molecule has 1 amide bonds. The summed E-state index contributed by atoms with van der Waals surface area (Å²) < 4.78 is 12.3. The molecule has 2 aliphatic rings. The van der Waals surface area contributed by atoms with Crippen LogP contribution >= 0.6 is 11.8 Å². The van der Waals surface area contributed by atoms with E-state index in [9.17, 15) is 4.79 Å². The molecular weight excluding hydrogens is 364 g/mol. The predicted octanol–water partition coefficient (Wildman–Crippen LogP) is 3.75. The number of thioether (sulfide) groups is 1. The van der Waals surface area contributed by atoms with Crippen molar-refractivity contribution in [2.75, 3.05) is 12.4 Å². The second-order valence-corrected chi connectivity index (χ2v) is 7.70. The number of rotatable bonds is 5. The summed E-state index contributed by atoms with van der Waals surface area (Å²) in [5.74, 6) is 4.08. The Kier molecular flexibility index (Phi) is 3.93. The standard InChI is InChI=1S/C19H18N4O3S/c1-25-13-6-4-12(5-7-13)23-18(14-9-27-10-16(14)21-23)20-19(24)15-8-17(26-22-15)11-2-3-11/h4-8,11H,2-3,9-10H2,1H3,(H,20,24). The highest BCUT2D eigenvalue weighted by molar-refractivity contribution is 7.98. The Labute approximate surface area is 160 Å². The Balaban J connectivity index is 1.47. The van der Waals surface area contributed by atoms with Crippen molar-refractivity contribution in [3.8, 4) is 11.4 Å². The molecule has 1 aromatic carbocycles. The van der Waals surface area contributed by atoms with Gasteiger partial charge in [-0.25, -0.2) is 4.68 Å². The van der Waals surface area contributed by atoms with Gasteiger partial charge in [0.05, 0.1) is 18.5 Å². The lowest BCUT2D eigenvalue weighted by molar-refractivity contribution is 0.101. The number of carbonyl (C=O) groups excluding carboxylic acids is 1. The monoisotopic (exact) mass is 382 g/mol. The molecule has 1 fully saturated rings. The zero-order valence-electron chi connectivity index (χ0n) is 14.8. The van der Waals surface area contributed by atoms with Crippen LogP contribution in [-0.4, -0.2) is 28.0 Å². The molecule has 1 N–H and O–H groups in total. The molecule has 2 aromatic heterocycles. The fourth-order valence-electron chi connectivity index (χ4n) is 3.18. The second-order valence-electron chi connectivity index (χ2n) is 6.72. The topological polar surface area (TPSA) is 82.2 Å². The van der Waals surface area contributed by atoms with Gasteiger partial charge >= 0.3 is 0 Å². The van der Waals surface area contributed by atoms with Gasteiger partial charge in [-0.05, 0) is 37.1 Å². The van der Waals surface area contributed by atoms with Gasteiger partial charge in [0.2, 0.25) is 0 Å². The van der Waals surface area contributed by atoms with E-state index in [0.717, 1.165) is 52.8 Å². The van der Waals surface area contributed by atoms with Gasteiger partial charge in [-0.1, -0.05) is 5.16 Å². The van der Waals surface area contributed by atoms with Gasteiger partial charge in [0.15, 0.2) is 5.69 Å². The predicted molar refractivity (Wildman–Crippen MR) is 102 cm³/mol. The van der Waals surface area contributed by atoms with Gasteiger partial charge in [-0.2, -0.15) is 16.9 Å². The number of methoxy groups -OCH3 is 1. The van der Waals surface area contributed by atoms with Crippen molar-refractivity contribution in [2.24, 2.45) is 0 Å². The summed E-state index contributed by atoms with van der Waals surface area (Å²) in [5.41, 5.74) is 3.24. The van der Waals surface area contributed by atoms with Gasteiger partial charge in [0.25, 0.3) is 5.91 Å². The molecule has 1 aliphatic heterocycles. The number of fused-ring (bicyclic) bond motifs is 1. The van der Waals surface area contributed by atoms with Crippen molar-refractivity contribution in [3.05, 3.63) is 53.0 Å². The first-order chi connectivity index (χ1) is 13.2. The van der Waals surface area contributed by atoms with Gasteiger partial charge in [-0.15, -0.1) is 0 Å². The van der Waals surface area contributed by atoms with Crippen LogP contribution in [-0.2, 0) is 11.5 Å². The first kappa shape index (κ1) is 16.4. The minimum absolute atomic E-state index is 0.278. The molecule has 0 atom stereocenters. The van der Waals surface area contributed by atoms with Crippen molar-refractivity contribution in [3.63, 3.8) is 0 Å². The molecule has 3 aromatic rings. The minimum Gasteiger partial charge on any atom is -0.497 e. The molecular formula is C19H18N4O3S. The largest absolute Gasteiger partial charge is 0.497 e. The molecule has 7 nitrogen and oxygen atoms in total. The maximum Gasteiger partial charge on any atom is 0.279 e. The van der Waals surface area contributed by atoms with Crippen LogP contribution in [0.1, 0.15) is 46.3 Å². The average molecular weight is 382 g/mol. The van der Waals surface area contributed by atoms with Crippen molar-refractivity contribution in [1.29, 1.82) is 0 Å².